The molecular formula is C14H14O3S. The summed E-state index contributed by atoms with van der Waals surface area (Å²) in [5, 5.41) is 0. The third kappa shape index (κ3) is 2.53. The van der Waals surface area contributed by atoms with E-state index in [0.717, 1.165) is 34.1 Å². The van der Waals surface area contributed by atoms with Crippen molar-refractivity contribution >= 4 is 17.5 Å². The van der Waals surface area contributed by atoms with Crippen LogP contribution < -0.4 is 9.47 Å². The second-order valence-corrected chi connectivity index (χ2v) is 5.54. The molecule has 0 fully saturated rings. The summed E-state index contributed by atoms with van der Waals surface area (Å²) in [7, 11) is 0. The predicted molar refractivity (Wildman–Crippen MR) is 70.2 cm³/mol. The Kier molecular flexibility index (Phi) is 3.28. The van der Waals surface area contributed by atoms with E-state index in [9.17, 15) is 4.79 Å². The first-order valence-corrected chi connectivity index (χ1v) is 6.94. The molecule has 0 atom stereocenters. The molecule has 3 nitrogen and oxygen atoms in total. The van der Waals surface area contributed by atoms with Crippen molar-refractivity contribution in [3.05, 3.63) is 29.2 Å². The van der Waals surface area contributed by atoms with E-state index in [-0.39, 0.29) is 5.78 Å². The number of fused-ring (bicyclic) bond motifs is 1. The van der Waals surface area contributed by atoms with Gasteiger partial charge in [-0.1, -0.05) is 11.8 Å². The number of ether oxygens (including phenoxy) is 2. The zero-order valence-corrected chi connectivity index (χ0v) is 10.8. The number of rotatable bonds is 2. The van der Waals surface area contributed by atoms with Crippen LogP contribution in [0, 0.1) is 0 Å². The lowest BCUT2D eigenvalue weighted by Crippen LogP contribution is -1.97. The monoisotopic (exact) mass is 262 g/mol. The maximum atomic E-state index is 11.2. The van der Waals surface area contributed by atoms with Gasteiger partial charge in [0.1, 0.15) is 0 Å². The number of benzene rings is 1. The second-order valence-electron chi connectivity index (χ2n) is 4.34. The average molecular weight is 262 g/mol. The Labute approximate surface area is 110 Å². The van der Waals surface area contributed by atoms with Gasteiger partial charge in [-0.25, -0.2) is 0 Å². The normalized spacial score (nSPS) is 18.4. The Hall–Kier alpha value is -1.42. The summed E-state index contributed by atoms with van der Waals surface area (Å²) in [6.45, 7) is 1.40. The molecule has 1 aromatic rings. The minimum absolute atomic E-state index is 0.229. The summed E-state index contributed by atoms with van der Waals surface area (Å²) in [6.07, 6.45) is 4.16. The number of hydrogen-bond donors (Lipinski definition) is 0. The van der Waals surface area contributed by atoms with Gasteiger partial charge >= 0.3 is 0 Å². The first-order valence-electron chi connectivity index (χ1n) is 6.12. The highest BCUT2D eigenvalue weighted by atomic mass is 32.2. The molecule has 3 rings (SSSR count). The molecule has 0 saturated carbocycles. The van der Waals surface area contributed by atoms with Crippen LogP contribution in [-0.4, -0.2) is 19.0 Å². The van der Waals surface area contributed by atoms with Gasteiger partial charge in [0.05, 0.1) is 13.2 Å². The van der Waals surface area contributed by atoms with Crippen LogP contribution >= 0.6 is 11.8 Å². The van der Waals surface area contributed by atoms with Crippen LogP contribution in [-0.2, 0) is 4.79 Å². The first kappa shape index (κ1) is 11.7. The molecule has 0 aromatic heterocycles. The molecule has 18 heavy (non-hydrogen) atoms. The molecule has 0 N–H and O–H groups in total. The predicted octanol–water partition coefficient (Wildman–Crippen LogP) is 3.19. The third-order valence-electron chi connectivity index (χ3n) is 2.91. The molecule has 0 unspecified atom stereocenters. The van der Waals surface area contributed by atoms with Crippen molar-refractivity contribution in [1.29, 1.82) is 0 Å². The van der Waals surface area contributed by atoms with Crippen LogP contribution in [0.5, 0.6) is 11.5 Å². The Morgan fingerprint density at radius 3 is 2.67 bits per heavy atom. The lowest BCUT2D eigenvalue weighted by Gasteiger charge is -2.09. The SMILES string of the molecule is O=C1C=C(Sc2ccc3c(c2)OCCCO3)CC1. The number of carbonyl (C=O) groups excluding carboxylic acids is 1. The zero-order valence-electron chi connectivity index (χ0n) is 9.98. The van der Waals surface area contributed by atoms with Crippen LogP contribution in [0.1, 0.15) is 19.3 Å². The largest absolute Gasteiger partial charge is 0.490 e. The fourth-order valence-corrected chi connectivity index (χ4v) is 3.01. The van der Waals surface area contributed by atoms with E-state index in [2.05, 4.69) is 0 Å². The van der Waals surface area contributed by atoms with Crippen molar-refractivity contribution in [2.24, 2.45) is 0 Å². The Morgan fingerprint density at radius 2 is 1.89 bits per heavy atom. The smallest absolute Gasteiger partial charge is 0.162 e. The van der Waals surface area contributed by atoms with E-state index < -0.39 is 0 Å². The van der Waals surface area contributed by atoms with Gasteiger partial charge in [0, 0.05) is 17.7 Å². The number of thioether (sulfide) groups is 1. The number of allylic oxidation sites excluding steroid dienone is 2. The highest BCUT2D eigenvalue weighted by Crippen LogP contribution is 2.38. The van der Waals surface area contributed by atoms with Gasteiger partial charge in [0.15, 0.2) is 17.3 Å². The Bertz CT molecular complexity index is 508. The molecule has 0 saturated heterocycles. The molecule has 0 radical (unpaired) electrons. The van der Waals surface area contributed by atoms with Gasteiger partial charge in [-0.05, 0) is 35.6 Å². The fraction of sp³-hybridized carbons (Fsp3) is 0.357. The molecule has 1 aliphatic heterocycles. The topological polar surface area (TPSA) is 35.5 Å². The summed E-state index contributed by atoms with van der Waals surface area (Å²) >= 11 is 1.64. The Morgan fingerprint density at radius 1 is 1.06 bits per heavy atom. The van der Waals surface area contributed by atoms with Gasteiger partial charge in [-0.2, -0.15) is 0 Å². The van der Waals surface area contributed by atoms with Gasteiger partial charge < -0.3 is 9.47 Å². The number of hydrogen-bond acceptors (Lipinski definition) is 4. The summed E-state index contributed by atoms with van der Waals surface area (Å²) in [5.41, 5.74) is 0. The third-order valence-corrected chi connectivity index (χ3v) is 3.98. The van der Waals surface area contributed by atoms with Crippen molar-refractivity contribution in [1.82, 2.24) is 0 Å². The van der Waals surface area contributed by atoms with E-state index in [0.29, 0.717) is 19.6 Å². The molecule has 1 aromatic carbocycles. The van der Waals surface area contributed by atoms with Crippen molar-refractivity contribution in [3.63, 3.8) is 0 Å². The van der Waals surface area contributed by atoms with Gasteiger partial charge in [-0.15, -0.1) is 0 Å². The molecule has 0 bridgehead atoms. The van der Waals surface area contributed by atoms with Gasteiger partial charge in [0.25, 0.3) is 0 Å². The molecule has 1 aliphatic carbocycles. The van der Waals surface area contributed by atoms with Crippen molar-refractivity contribution < 1.29 is 14.3 Å². The number of ketones is 1. The van der Waals surface area contributed by atoms with E-state index >= 15 is 0 Å². The standard InChI is InChI=1S/C14H14O3S/c15-10-2-3-11(8-10)18-12-4-5-13-14(9-12)17-7-1-6-16-13/h4-5,8-9H,1-3,6-7H2. The minimum Gasteiger partial charge on any atom is -0.490 e. The van der Waals surface area contributed by atoms with E-state index in [4.69, 9.17) is 9.47 Å². The average Bonchev–Trinajstić information content (AvgIpc) is 2.64. The fourth-order valence-electron chi connectivity index (χ4n) is 2.01. The van der Waals surface area contributed by atoms with Gasteiger partial charge in [0.2, 0.25) is 0 Å². The second kappa shape index (κ2) is 5.06. The van der Waals surface area contributed by atoms with Crippen LogP contribution in [0.2, 0.25) is 0 Å². The molecular weight excluding hydrogens is 248 g/mol. The quantitative estimate of drug-likeness (QED) is 0.820. The first-order chi connectivity index (χ1) is 8.81. The van der Waals surface area contributed by atoms with E-state index in [1.165, 1.54) is 0 Å². The summed E-state index contributed by atoms with van der Waals surface area (Å²) in [6, 6.07) is 5.96. The molecule has 94 valence electrons. The zero-order chi connectivity index (χ0) is 12.4. The van der Waals surface area contributed by atoms with E-state index in [1.54, 1.807) is 17.8 Å². The number of carbonyl (C=O) groups is 1. The minimum atomic E-state index is 0.229. The maximum Gasteiger partial charge on any atom is 0.162 e. The van der Waals surface area contributed by atoms with Crippen molar-refractivity contribution in [3.8, 4) is 11.5 Å². The maximum absolute atomic E-state index is 11.2. The molecule has 0 amide bonds. The molecule has 4 heteroatoms. The highest BCUT2D eigenvalue weighted by molar-refractivity contribution is 8.03. The van der Waals surface area contributed by atoms with Gasteiger partial charge in [-0.3, -0.25) is 4.79 Å². The van der Waals surface area contributed by atoms with Crippen LogP contribution in [0.3, 0.4) is 0 Å². The highest BCUT2D eigenvalue weighted by Gasteiger charge is 2.15. The van der Waals surface area contributed by atoms with E-state index in [1.807, 2.05) is 18.2 Å². The van der Waals surface area contributed by atoms with Crippen LogP contribution in [0.25, 0.3) is 0 Å². The summed E-state index contributed by atoms with van der Waals surface area (Å²) in [4.78, 5) is 13.4. The summed E-state index contributed by atoms with van der Waals surface area (Å²) < 4.78 is 11.2. The lowest BCUT2D eigenvalue weighted by atomic mass is 10.3. The summed E-state index contributed by atoms with van der Waals surface area (Å²) in [5.74, 6) is 1.85. The van der Waals surface area contributed by atoms with Crippen LogP contribution in [0.4, 0.5) is 0 Å². The molecule has 0 spiro atoms. The van der Waals surface area contributed by atoms with Crippen molar-refractivity contribution in [2.45, 2.75) is 24.2 Å². The Balaban J connectivity index is 1.79. The lowest BCUT2D eigenvalue weighted by molar-refractivity contribution is -0.114. The molecule has 1 heterocycles. The van der Waals surface area contributed by atoms with Crippen molar-refractivity contribution in [2.75, 3.05) is 13.2 Å². The molecule has 2 aliphatic rings. The van der Waals surface area contributed by atoms with Crippen LogP contribution in [0.15, 0.2) is 34.1 Å².